The van der Waals surface area contributed by atoms with E-state index in [2.05, 4.69) is 15.1 Å². The predicted molar refractivity (Wildman–Crippen MR) is 87.7 cm³/mol. The van der Waals surface area contributed by atoms with Crippen LogP contribution in [0.5, 0.6) is 0 Å². The van der Waals surface area contributed by atoms with E-state index in [0.29, 0.717) is 24.0 Å². The van der Waals surface area contributed by atoms with Gasteiger partial charge in [-0.25, -0.2) is 8.42 Å². The van der Waals surface area contributed by atoms with Gasteiger partial charge >= 0.3 is 0 Å². The Kier molecular flexibility index (Phi) is 4.77. The third kappa shape index (κ3) is 3.97. The summed E-state index contributed by atoms with van der Waals surface area (Å²) in [5.41, 5.74) is 0.903. The fourth-order valence-electron chi connectivity index (χ4n) is 2.95. The third-order valence-electron chi connectivity index (χ3n) is 4.23. The predicted octanol–water partition coefficient (Wildman–Crippen LogP) is 1.79. The molecule has 0 aliphatic carbocycles. The number of rotatable bonds is 6. The van der Waals surface area contributed by atoms with Crippen molar-refractivity contribution in [2.24, 2.45) is 0 Å². The van der Waals surface area contributed by atoms with Crippen molar-refractivity contribution in [2.75, 3.05) is 24.6 Å². The molecule has 1 aliphatic heterocycles. The lowest BCUT2D eigenvalue weighted by molar-refractivity contribution is 0.221. The van der Waals surface area contributed by atoms with Crippen LogP contribution >= 0.6 is 0 Å². The molecule has 1 aliphatic rings. The molecule has 124 valence electrons. The number of hydrogen-bond acceptors (Lipinski definition) is 6. The van der Waals surface area contributed by atoms with Crippen molar-refractivity contribution in [3.05, 3.63) is 36.2 Å². The summed E-state index contributed by atoms with van der Waals surface area (Å²) in [6.07, 6.45) is 1.35. The summed E-state index contributed by atoms with van der Waals surface area (Å²) in [5.74, 6) is 1.67. The Morgan fingerprint density at radius 2 is 2.04 bits per heavy atom. The molecule has 3 rings (SSSR count). The first-order chi connectivity index (χ1) is 11.1. The molecule has 0 amide bonds. The van der Waals surface area contributed by atoms with Crippen LogP contribution in [0.25, 0.3) is 11.5 Å². The fourth-order valence-corrected chi connectivity index (χ4v) is 4.72. The van der Waals surface area contributed by atoms with E-state index in [-0.39, 0.29) is 11.8 Å². The van der Waals surface area contributed by atoms with Crippen molar-refractivity contribution >= 4 is 9.84 Å². The molecule has 1 fully saturated rings. The van der Waals surface area contributed by atoms with Crippen LogP contribution in [-0.2, 0) is 16.3 Å². The Hall–Kier alpha value is -1.73. The molecule has 1 saturated heterocycles. The molecule has 2 aromatic rings. The third-order valence-corrected chi connectivity index (χ3v) is 5.98. The number of benzene rings is 1. The average molecular weight is 335 g/mol. The lowest BCUT2D eigenvalue weighted by Gasteiger charge is -2.25. The first-order valence-electron chi connectivity index (χ1n) is 7.89. The quantitative estimate of drug-likeness (QED) is 0.801. The van der Waals surface area contributed by atoms with E-state index < -0.39 is 9.84 Å². The minimum atomic E-state index is -2.86. The van der Waals surface area contributed by atoms with E-state index in [1.807, 2.05) is 37.3 Å². The SMILES string of the molecule is CCN(CCc1nnc(-c2ccccc2)o1)C1CCS(=O)(=O)C1. The number of sulfone groups is 1. The molecular weight excluding hydrogens is 314 g/mol. The Morgan fingerprint density at radius 3 is 2.70 bits per heavy atom. The van der Waals surface area contributed by atoms with Gasteiger partial charge in [-0.05, 0) is 25.1 Å². The molecule has 1 aromatic carbocycles. The van der Waals surface area contributed by atoms with E-state index in [4.69, 9.17) is 4.42 Å². The normalized spacial score (nSPS) is 20.2. The summed E-state index contributed by atoms with van der Waals surface area (Å²) in [6.45, 7) is 3.60. The Labute approximate surface area is 136 Å². The van der Waals surface area contributed by atoms with Gasteiger partial charge in [0.2, 0.25) is 11.8 Å². The van der Waals surface area contributed by atoms with Crippen molar-refractivity contribution in [3.63, 3.8) is 0 Å². The van der Waals surface area contributed by atoms with Crippen LogP contribution in [0.1, 0.15) is 19.2 Å². The van der Waals surface area contributed by atoms with Gasteiger partial charge in [-0.2, -0.15) is 0 Å². The maximum absolute atomic E-state index is 11.6. The summed E-state index contributed by atoms with van der Waals surface area (Å²) in [6, 6.07) is 9.77. The van der Waals surface area contributed by atoms with Gasteiger partial charge in [0, 0.05) is 24.6 Å². The monoisotopic (exact) mass is 335 g/mol. The molecule has 1 aromatic heterocycles. The van der Waals surface area contributed by atoms with Crippen LogP contribution < -0.4 is 0 Å². The van der Waals surface area contributed by atoms with E-state index in [0.717, 1.165) is 25.1 Å². The molecule has 1 atom stereocenters. The molecule has 0 radical (unpaired) electrons. The minimum Gasteiger partial charge on any atom is -0.421 e. The van der Waals surface area contributed by atoms with Crippen molar-refractivity contribution in [2.45, 2.75) is 25.8 Å². The summed E-state index contributed by atoms with van der Waals surface area (Å²) in [7, 11) is -2.86. The highest BCUT2D eigenvalue weighted by atomic mass is 32.2. The van der Waals surface area contributed by atoms with Gasteiger partial charge in [0.25, 0.3) is 0 Å². The highest BCUT2D eigenvalue weighted by molar-refractivity contribution is 7.91. The standard InChI is InChI=1S/C16H21N3O3S/c1-2-19(14-9-11-23(20,21)12-14)10-8-15-17-18-16(22-15)13-6-4-3-5-7-13/h3-7,14H,2,8-12H2,1H3. The largest absolute Gasteiger partial charge is 0.421 e. The second-order valence-electron chi connectivity index (χ2n) is 5.80. The highest BCUT2D eigenvalue weighted by Gasteiger charge is 2.31. The van der Waals surface area contributed by atoms with E-state index >= 15 is 0 Å². The fraction of sp³-hybridized carbons (Fsp3) is 0.500. The molecule has 23 heavy (non-hydrogen) atoms. The smallest absolute Gasteiger partial charge is 0.247 e. The Bertz CT molecular complexity index is 743. The van der Waals surface area contributed by atoms with Crippen LogP contribution in [0.3, 0.4) is 0 Å². The van der Waals surface area contributed by atoms with Crippen LogP contribution in [-0.4, -0.2) is 54.2 Å². The van der Waals surface area contributed by atoms with Crippen molar-refractivity contribution in [3.8, 4) is 11.5 Å². The molecular formula is C16H21N3O3S. The van der Waals surface area contributed by atoms with E-state index in [1.165, 1.54) is 0 Å². The average Bonchev–Trinajstić information content (AvgIpc) is 3.16. The molecule has 0 spiro atoms. The van der Waals surface area contributed by atoms with Gasteiger partial charge in [0.1, 0.15) is 0 Å². The molecule has 6 nitrogen and oxygen atoms in total. The molecule has 0 bridgehead atoms. The van der Waals surface area contributed by atoms with Crippen molar-refractivity contribution in [1.29, 1.82) is 0 Å². The number of nitrogens with zero attached hydrogens (tertiary/aromatic N) is 3. The van der Waals surface area contributed by atoms with Gasteiger partial charge in [0.15, 0.2) is 9.84 Å². The second kappa shape index (κ2) is 6.80. The van der Waals surface area contributed by atoms with Gasteiger partial charge in [-0.1, -0.05) is 25.1 Å². The second-order valence-corrected chi connectivity index (χ2v) is 8.03. The zero-order valence-electron chi connectivity index (χ0n) is 13.2. The van der Waals surface area contributed by atoms with Crippen LogP contribution in [0.4, 0.5) is 0 Å². The summed E-state index contributed by atoms with van der Waals surface area (Å²) in [4.78, 5) is 2.19. The summed E-state index contributed by atoms with van der Waals surface area (Å²) < 4.78 is 29.0. The van der Waals surface area contributed by atoms with Crippen LogP contribution in [0.2, 0.25) is 0 Å². The van der Waals surface area contributed by atoms with Gasteiger partial charge < -0.3 is 4.42 Å². The first kappa shape index (κ1) is 16.1. The number of aromatic nitrogens is 2. The minimum absolute atomic E-state index is 0.113. The van der Waals surface area contributed by atoms with Crippen LogP contribution in [0, 0.1) is 0 Å². The molecule has 2 heterocycles. The number of hydrogen-bond donors (Lipinski definition) is 0. The maximum Gasteiger partial charge on any atom is 0.247 e. The molecule has 0 N–H and O–H groups in total. The zero-order valence-corrected chi connectivity index (χ0v) is 14.0. The molecule has 0 saturated carbocycles. The summed E-state index contributed by atoms with van der Waals surface area (Å²) in [5, 5.41) is 8.17. The highest BCUT2D eigenvalue weighted by Crippen LogP contribution is 2.19. The Morgan fingerprint density at radius 1 is 1.26 bits per heavy atom. The lowest BCUT2D eigenvalue weighted by Crippen LogP contribution is -2.37. The lowest BCUT2D eigenvalue weighted by atomic mass is 10.2. The summed E-state index contributed by atoms with van der Waals surface area (Å²) >= 11 is 0. The van der Waals surface area contributed by atoms with Crippen molar-refractivity contribution < 1.29 is 12.8 Å². The number of likely N-dealkylation sites (N-methyl/N-ethyl adjacent to an activating group) is 1. The molecule has 1 unspecified atom stereocenters. The Balaban J connectivity index is 1.60. The van der Waals surface area contributed by atoms with Crippen LogP contribution in [0.15, 0.2) is 34.7 Å². The molecule has 7 heteroatoms. The zero-order chi connectivity index (χ0) is 16.3. The van der Waals surface area contributed by atoms with Crippen molar-refractivity contribution in [1.82, 2.24) is 15.1 Å². The maximum atomic E-state index is 11.6. The van der Waals surface area contributed by atoms with Gasteiger partial charge in [-0.15, -0.1) is 10.2 Å². The first-order valence-corrected chi connectivity index (χ1v) is 9.72. The van der Waals surface area contributed by atoms with Gasteiger partial charge in [-0.3, -0.25) is 4.90 Å². The topological polar surface area (TPSA) is 76.3 Å². The van der Waals surface area contributed by atoms with Gasteiger partial charge in [0.05, 0.1) is 11.5 Å². The van der Waals surface area contributed by atoms with E-state index in [1.54, 1.807) is 0 Å². The van der Waals surface area contributed by atoms with E-state index in [9.17, 15) is 8.42 Å².